The van der Waals surface area contributed by atoms with Gasteiger partial charge >= 0.3 is 6.09 Å². The van der Waals surface area contributed by atoms with Crippen LogP contribution in [-0.4, -0.2) is 52.2 Å². The summed E-state index contributed by atoms with van der Waals surface area (Å²) < 4.78 is 6.15. The molecule has 1 atom stereocenters. The Morgan fingerprint density at radius 2 is 2.05 bits per heavy atom. The van der Waals surface area contributed by atoms with Crippen LogP contribution < -0.4 is 4.90 Å². The number of aromatic nitrogens is 2. The Kier molecular flexibility index (Phi) is 4.70. The number of carbonyl (C=O) groups is 1. The molecule has 1 saturated heterocycles. The van der Waals surface area contributed by atoms with Crippen molar-refractivity contribution in [2.75, 3.05) is 24.5 Å². The van der Waals surface area contributed by atoms with Gasteiger partial charge in [-0.2, -0.15) is 0 Å². The van der Waals surface area contributed by atoms with Gasteiger partial charge in [0.2, 0.25) is 0 Å². The van der Waals surface area contributed by atoms with Crippen molar-refractivity contribution >= 4 is 27.8 Å². The molecule has 0 unspecified atom stereocenters. The highest BCUT2D eigenvalue weighted by molar-refractivity contribution is 9.10. The largest absolute Gasteiger partial charge is 0.444 e. The summed E-state index contributed by atoms with van der Waals surface area (Å²) in [5.74, 6) is 0.828. The van der Waals surface area contributed by atoms with Crippen LogP contribution in [0.2, 0.25) is 0 Å². The van der Waals surface area contributed by atoms with Crippen LogP contribution in [0.4, 0.5) is 10.6 Å². The fourth-order valence-corrected chi connectivity index (χ4v) is 2.43. The fraction of sp³-hybridized carbons (Fsp3) is 0.643. The van der Waals surface area contributed by atoms with E-state index in [0.29, 0.717) is 11.1 Å². The number of amides is 1. The average molecular weight is 357 g/mol. The first kappa shape index (κ1) is 16.0. The molecule has 0 aromatic carbocycles. The lowest BCUT2D eigenvalue weighted by Crippen LogP contribution is -2.55. The Bertz CT molecular complexity index is 501. The summed E-state index contributed by atoms with van der Waals surface area (Å²) in [6.07, 6.45) is 3.16. The van der Waals surface area contributed by atoms with Crippen LogP contribution in [0.25, 0.3) is 0 Å². The second kappa shape index (κ2) is 6.17. The third-order valence-corrected chi connectivity index (χ3v) is 3.60. The van der Waals surface area contributed by atoms with Gasteiger partial charge in [0.25, 0.3) is 0 Å². The minimum Gasteiger partial charge on any atom is -0.444 e. The normalized spacial score (nSPS) is 19.6. The van der Waals surface area contributed by atoms with Gasteiger partial charge in [-0.15, -0.1) is 0 Å². The summed E-state index contributed by atoms with van der Waals surface area (Å²) >= 11 is 3.28. The third-order valence-electron chi connectivity index (χ3n) is 3.19. The first-order valence-corrected chi connectivity index (χ1v) is 7.78. The van der Waals surface area contributed by atoms with Crippen molar-refractivity contribution in [3.8, 4) is 0 Å². The molecule has 0 saturated carbocycles. The SMILES string of the molecule is C[C@@H]1CN(c2cnc(Br)cn2)CCN1C(=O)OC(C)(C)C. The Balaban J connectivity index is 1.99. The molecule has 2 rings (SSSR count). The number of hydrogen-bond donors (Lipinski definition) is 0. The summed E-state index contributed by atoms with van der Waals surface area (Å²) in [6.45, 7) is 9.71. The van der Waals surface area contributed by atoms with Crippen LogP contribution in [0.1, 0.15) is 27.7 Å². The van der Waals surface area contributed by atoms with E-state index in [2.05, 4.69) is 30.8 Å². The van der Waals surface area contributed by atoms with E-state index in [-0.39, 0.29) is 12.1 Å². The molecular weight excluding hydrogens is 336 g/mol. The van der Waals surface area contributed by atoms with E-state index in [9.17, 15) is 4.79 Å². The van der Waals surface area contributed by atoms with Crippen LogP contribution in [-0.2, 0) is 4.74 Å². The van der Waals surface area contributed by atoms with Gasteiger partial charge in [-0.25, -0.2) is 14.8 Å². The van der Waals surface area contributed by atoms with Crippen LogP contribution in [0.15, 0.2) is 17.0 Å². The van der Waals surface area contributed by atoms with Crippen molar-refractivity contribution < 1.29 is 9.53 Å². The van der Waals surface area contributed by atoms with Gasteiger partial charge in [-0.05, 0) is 43.6 Å². The highest BCUT2D eigenvalue weighted by Crippen LogP contribution is 2.19. The minimum atomic E-state index is -0.467. The zero-order chi connectivity index (χ0) is 15.6. The molecule has 1 aromatic rings. The van der Waals surface area contributed by atoms with Gasteiger partial charge in [0.05, 0.1) is 12.4 Å². The second-order valence-corrected chi connectivity index (χ2v) is 6.98. The molecule has 116 valence electrons. The lowest BCUT2D eigenvalue weighted by Gasteiger charge is -2.40. The lowest BCUT2D eigenvalue weighted by atomic mass is 10.2. The first-order chi connectivity index (χ1) is 9.76. The zero-order valence-electron chi connectivity index (χ0n) is 12.8. The minimum absolute atomic E-state index is 0.0686. The number of ether oxygens (including phenoxy) is 1. The number of rotatable bonds is 1. The molecule has 21 heavy (non-hydrogen) atoms. The number of piperazine rings is 1. The molecule has 6 nitrogen and oxygen atoms in total. The molecule has 1 aliphatic rings. The van der Waals surface area contributed by atoms with Gasteiger partial charge in [0.15, 0.2) is 0 Å². The molecule has 1 fully saturated rings. The quantitative estimate of drug-likeness (QED) is 0.774. The maximum atomic E-state index is 12.2. The van der Waals surface area contributed by atoms with Gasteiger partial charge < -0.3 is 14.5 Å². The molecule has 0 radical (unpaired) electrons. The average Bonchev–Trinajstić information content (AvgIpc) is 2.37. The third kappa shape index (κ3) is 4.30. The van der Waals surface area contributed by atoms with Crippen molar-refractivity contribution in [2.45, 2.75) is 39.3 Å². The maximum absolute atomic E-state index is 12.2. The van der Waals surface area contributed by atoms with Crippen LogP contribution in [0, 0.1) is 0 Å². The van der Waals surface area contributed by atoms with E-state index >= 15 is 0 Å². The molecule has 0 aliphatic carbocycles. The monoisotopic (exact) mass is 356 g/mol. The number of nitrogens with zero attached hydrogens (tertiary/aromatic N) is 4. The molecular formula is C14H21BrN4O2. The fourth-order valence-electron chi connectivity index (χ4n) is 2.23. The van der Waals surface area contributed by atoms with Crippen LogP contribution >= 0.6 is 15.9 Å². The van der Waals surface area contributed by atoms with Gasteiger partial charge in [-0.3, -0.25) is 0 Å². The van der Waals surface area contributed by atoms with E-state index < -0.39 is 5.60 Å². The predicted molar refractivity (Wildman–Crippen MR) is 84.3 cm³/mol. The van der Waals surface area contributed by atoms with Crippen molar-refractivity contribution in [1.82, 2.24) is 14.9 Å². The summed E-state index contributed by atoms with van der Waals surface area (Å²) in [5, 5.41) is 0. The van der Waals surface area contributed by atoms with E-state index in [0.717, 1.165) is 18.9 Å². The highest BCUT2D eigenvalue weighted by Gasteiger charge is 2.31. The molecule has 2 heterocycles. The zero-order valence-corrected chi connectivity index (χ0v) is 14.4. The van der Waals surface area contributed by atoms with Gasteiger partial charge in [-0.1, -0.05) is 0 Å². The molecule has 0 N–H and O–H groups in total. The van der Waals surface area contributed by atoms with Crippen molar-refractivity contribution in [2.24, 2.45) is 0 Å². The number of anilines is 1. The summed E-state index contributed by atoms with van der Waals surface area (Å²) in [6, 6.07) is 0.0686. The smallest absolute Gasteiger partial charge is 0.410 e. The highest BCUT2D eigenvalue weighted by atomic mass is 79.9. The molecule has 1 aromatic heterocycles. The first-order valence-electron chi connectivity index (χ1n) is 6.98. The summed E-state index contributed by atoms with van der Waals surface area (Å²) in [7, 11) is 0. The maximum Gasteiger partial charge on any atom is 0.410 e. The molecule has 0 bridgehead atoms. The lowest BCUT2D eigenvalue weighted by molar-refractivity contribution is 0.0158. The summed E-state index contributed by atoms with van der Waals surface area (Å²) in [4.78, 5) is 24.6. The van der Waals surface area contributed by atoms with Crippen LogP contribution in [0.5, 0.6) is 0 Å². The van der Waals surface area contributed by atoms with E-state index in [4.69, 9.17) is 4.74 Å². The second-order valence-electron chi connectivity index (χ2n) is 6.17. The van der Waals surface area contributed by atoms with E-state index in [1.54, 1.807) is 17.3 Å². The van der Waals surface area contributed by atoms with Crippen molar-refractivity contribution in [3.05, 3.63) is 17.0 Å². The predicted octanol–water partition coefficient (Wildman–Crippen LogP) is 2.68. The topological polar surface area (TPSA) is 58.6 Å². The number of halogens is 1. The Labute approximate surface area is 133 Å². The molecule has 1 amide bonds. The molecule has 1 aliphatic heterocycles. The van der Waals surface area contributed by atoms with E-state index in [1.165, 1.54) is 0 Å². The van der Waals surface area contributed by atoms with Gasteiger partial charge in [0.1, 0.15) is 16.0 Å². The Morgan fingerprint density at radius 3 is 2.57 bits per heavy atom. The number of hydrogen-bond acceptors (Lipinski definition) is 5. The Morgan fingerprint density at radius 1 is 1.33 bits per heavy atom. The standard InChI is InChI=1S/C14H21BrN4O2/c1-10-9-18(12-8-16-11(15)7-17-12)5-6-19(10)13(20)21-14(2,3)4/h7-8,10H,5-6,9H2,1-4H3/t10-/m1/s1. The van der Waals surface area contributed by atoms with Crippen molar-refractivity contribution in [3.63, 3.8) is 0 Å². The van der Waals surface area contributed by atoms with Crippen molar-refractivity contribution in [1.29, 1.82) is 0 Å². The molecule has 7 heteroatoms. The van der Waals surface area contributed by atoms with E-state index in [1.807, 2.05) is 27.7 Å². The Hall–Kier alpha value is -1.37. The van der Waals surface area contributed by atoms with Crippen LogP contribution in [0.3, 0.4) is 0 Å². The number of carbonyl (C=O) groups excluding carboxylic acids is 1. The van der Waals surface area contributed by atoms with Gasteiger partial charge in [0, 0.05) is 25.7 Å². The molecule has 0 spiro atoms. The summed E-state index contributed by atoms with van der Waals surface area (Å²) in [5.41, 5.74) is -0.467.